The summed E-state index contributed by atoms with van der Waals surface area (Å²) in [7, 11) is 3.34. The van der Waals surface area contributed by atoms with Crippen LogP contribution in [0.25, 0.3) is 27.7 Å². The molecular weight excluding hydrogens is 346 g/mol. The van der Waals surface area contributed by atoms with E-state index in [1.807, 2.05) is 12.1 Å². The summed E-state index contributed by atoms with van der Waals surface area (Å²) in [6.07, 6.45) is 2.18. The van der Waals surface area contributed by atoms with E-state index in [4.69, 9.17) is 9.47 Å². The Morgan fingerprint density at radius 2 is 1.39 bits per heavy atom. The summed E-state index contributed by atoms with van der Waals surface area (Å²) in [5, 5.41) is 2.26. The summed E-state index contributed by atoms with van der Waals surface area (Å²) >= 11 is 0. The minimum atomic E-state index is 0.734. The average Bonchev–Trinajstić information content (AvgIpc) is 2.74. The van der Waals surface area contributed by atoms with Crippen LogP contribution in [0.5, 0.6) is 11.5 Å². The molecule has 0 fully saturated rings. The molecule has 1 aromatic heterocycles. The molecule has 1 heterocycles. The lowest BCUT2D eigenvalue weighted by molar-refractivity contribution is -0.582. The summed E-state index contributed by atoms with van der Waals surface area (Å²) in [6.45, 7) is 4.27. The van der Waals surface area contributed by atoms with E-state index in [2.05, 4.69) is 79.2 Å². The normalized spacial score (nSPS) is 10.9. The van der Waals surface area contributed by atoms with E-state index in [1.54, 1.807) is 14.2 Å². The van der Waals surface area contributed by atoms with Gasteiger partial charge >= 0.3 is 0 Å². The molecule has 0 aliphatic rings. The lowest BCUT2D eigenvalue weighted by Gasteiger charge is -2.13. The van der Waals surface area contributed by atoms with Crippen molar-refractivity contribution in [2.75, 3.05) is 14.2 Å². The van der Waals surface area contributed by atoms with Gasteiger partial charge in [0.15, 0.2) is 17.7 Å². The summed E-state index contributed by atoms with van der Waals surface area (Å²) in [5.41, 5.74) is 5.92. The first kappa shape index (κ1) is 18.1. The van der Waals surface area contributed by atoms with E-state index >= 15 is 0 Å². The van der Waals surface area contributed by atoms with Crippen molar-refractivity contribution >= 4 is 10.8 Å². The Balaban J connectivity index is 2.09. The molecule has 0 saturated heterocycles. The largest absolute Gasteiger partial charge is 0.493 e. The van der Waals surface area contributed by atoms with Crippen LogP contribution < -0.4 is 14.0 Å². The third-order valence-electron chi connectivity index (χ3n) is 5.18. The number of methoxy groups -OCH3 is 2. The molecule has 0 N–H and O–H groups in total. The molecule has 0 amide bonds. The fraction of sp³-hybridized carbons (Fsp3) is 0.160. The van der Waals surface area contributed by atoms with E-state index in [9.17, 15) is 0 Å². The van der Waals surface area contributed by atoms with Crippen LogP contribution in [0, 0.1) is 13.8 Å². The van der Waals surface area contributed by atoms with Crippen LogP contribution in [0.15, 0.2) is 72.9 Å². The molecule has 0 atom stereocenters. The Hall–Kier alpha value is -3.33. The first-order chi connectivity index (χ1) is 13.6. The van der Waals surface area contributed by atoms with Crippen LogP contribution >= 0.6 is 0 Å². The Labute approximate surface area is 165 Å². The molecule has 4 aromatic rings. The van der Waals surface area contributed by atoms with Crippen molar-refractivity contribution in [1.29, 1.82) is 0 Å². The van der Waals surface area contributed by atoms with E-state index in [0.717, 1.165) is 28.0 Å². The number of hydrogen-bond acceptors (Lipinski definition) is 2. The quantitative estimate of drug-likeness (QED) is 0.448. The molecule has 0 aliphatic heterocycles. The number of hydrogen-bond donors (Lipinski definition) is 0. The topological polar surface area (TPSA) is 22.3 Å². The first-order valence-corrected chi connectivity index (χ1v) is 9.36. The number of aryl methyl sites for hydroxylation is 2. The standard InChI is InChI=1S/C25H24NO2/c1-17-10-12-21(13-11-17)26-16-20-14-23(27-3)24(28-4)15-22(20)18(2)25(26)19-8-6-5-7-9-19/h5-16H,1-4H3/q+1. The maximum Gasteiger partial charge on any atom is 0.221 e. The predicted octanol–water partition coefficient (Wildman–Crippen LogP) is 5.42. The number of benzene rings is 3. The van der Waals surface area contributed by atoms with Gasteiger partial charge in [0, 0.05) is 28.6 Å². The first-order valence-electron chi connectivity index (χ1n) is 9.36. The average molecular weight is 370 g/mol. The highest BCUT2D eigenvalue weighted by Gasteiger charge is 2.23. The molecule has 0 aliphatic carbocycles. The summed E-state index contributed by atoms with van der Waals surface area (Å²) in [4.78, 5) is 0. The molecule has 3 aromatic carbocycles. The van der Waals surface area contributed by atoms with Gasteiger partial charge in [0.25, 0.3) is 0 Å². The molecule has 3 heteroatoms. The van der Waals surface area contributed by atoms with Crippen molar-refractivity contribution < 1.29 is 14.0 Å². The highest BCUT2D eigenvalue weighted by atomic mass is 16.5. The molecule has 0 bridgehead atoms. The minimum Gasteiger partial charge on any atom is -0.493 e. The predicted molar refractivity (Wildman–Crippen MR) is 113 cm³/mol. The number of aromatic nitrogens is 1. The monoisotopic (exact) mass is 370 g/mol. The van der Waals surface area contributed by atoms with Crippen LogP contribution in [-0.2, 0) is 0 Å². The Morgan fingerprint density at radius 1 is 0.750 bits per heavy atom. The van der Waals surface area contributed by atoms with Gasteiger partial charge in [0.05, 0.1) is 19.6 Å². The molecule has 4 rings (SSSR count). The Morgan fingerprint density at radius 3 is 2.04 bits per heavy atom. The zero-order valence-corrected chi connectivity index (χ0v) is 16.7. The lowest BCUT2D eigenvalue weighted by atomic mass is 9.99. The summed E-state index contributed by atoms with van der Waals surface area (Å²) in [6, 6.07) is 23.2. The van der Waals surface area contributed by atoms with Crippen molar-refractivity contribution in [3.8, 4) is 28.4 Å². The fourth-order valence-corrected chi connectivity index (χ4v) is 3.70. The van der Waals surface area contributed by atoms with Crippen LogP contribution in [0.1, 0.15) is 11.1 Å². The van der Waals surface area contributed by atoms with E-state index in [0.29, 0.717) is 0 Å². The second-order valence-electron chi connectivity index (χ2n) is 6.97. The van der Waals surface area contributed by atoms with Crippen molar-refractivity contribution in [3.63, 3.8) is 0 Å². The minimum absolute atomic E-state index is 0.734. The third kappa shape index (κ3) is 3.09. The summed E-state index contributed by atoms with van der Waals surface area (Å²) in [5.74, 6) is 1.47. The molecule has 0 radical (unpaired) electrons. The van der Waals surface area contributed by atoms with Crippen molar-refractivity contribution in [1.82, 2.24) is 0 Å². The molecule has 0 saturated carbocycles. The maximum absolute atomic E-state index is 5.54. The highest BCUT2D eigenvalue weighted by molar-refractivity contribution is 5.91. The second kappa shape index (κ2) is 7.35. The van der Waals surface area contributed by atoms with Gasteiger partial charge in [-0.2, -0.15) is 4.57 Å². The Kier molecular flexibility index (Phi) is 4.74. The van der Waals surface area contributed by atoms with Crippen molar-refractivity contribution in [2.24, 2.45) is 0 Å². The highest BCUT2D eigenvalue weighted by Crippen LogP contribution is 2.35. The fourth-order valence-electron chi connectivity index (χ4n) is 3.70. The number of ether oxygens (including phenoxy) is 2. The van der Waals surface area contributed by atoms with E-state index in [-0.39, 0.29) is 0 Å². The zero-order chi connectivity index (χ0) is 19.7. The Bertz CT molecular complexity index is 1130. The van der Waals surface area contributed by atoms with Gasteiger partial charge in [-0.25, -0.2) is 0 Å². The molecule has 3 nitrogen and oxygen atoms in total. The van der Waals surface area contributed by atoms with Crippen LogP contribution in [0.4, 0.5) is 0 Å². The van der Waals surface area contributed by atoms with Gasteiger partial charge in [0.2, 0.25) is 11.4 Å². The van der Waals surface area contributed by atoms with E-state index in [1.165, 1.54) is 22.4 Å². The van der Waals surface area contributed by atoms with Gasteiger partial charge in [0.1, 0.15) is 0 Å². The number of nitrogens with zero attached hydrogens (tertiary/aromatic N) is 1. The van der Waals surface area contributed by atoms with Crippen LogP contribution in [0.2, 0.25) is 0 Å². The number of rotatable bonds is 4. The molecular formula is C25H24NO2+. The van der Waals surface area contributed by atoms with Gasteiger partial charge < -0.3 is 9.47 Å². The molecule has 0 unspecified atom stereocenters. The lowest BCUT2D eigenvalue weighted by Crippen LogP contribution is -2.34. The van der Waals surface area contributed by atoms with Gasteiger partial charge in [-0.05, 0) is 38.1 Å². The maximum atomic E-state index is 5.54. The van der Waals surface area contributed by atoms with E-state index < -0.39 is 0 Å². The molecule has 140 valence electrons. The SMILES string of the molecule is COc1cc2c[n+](-c3ccc(C)cc3)c(-c3ccccc3)c(C)c2cc1OC. The van der Waals surface area contributed by atoms with Crippen molar-refractivity contribution in [2.45, 2.75) is 13.8 Å². The van der Waals surface area contributed by atoms with Crippen molar-refractivity contribution in [3.05, 3.63) is 84.1 Å². The molecule has 0 spiro atoms. The van der Waals surface area contributed by atoms with Gasteiger partial charge in [-0.1, -0.05) is 35.9 Å². The smallest absolute Gasteiger partial charge is 0.221 e. The van der Waals surface area contributed by atoms with Gasteiger partial charge in [-0.15, -0.1) is 0 Å². The third-order valence-corrected chi connectivity index (χ3v) is 5.18. The number of fused-ring (bicyclic) bond motifs is 1. The van der Waals surface area contributed by atoms with Crippen LogP contribution in [-0.4, -0.2) is 14.2 Å². The van der Waals surface area contributed by atoms with Crippen LogP contribution in [0.3, 0.4) is 0 Å². The summed E-state index contributed by atoms with van der Waals surface area (Å²) < 4.78 is 13.3. The molecule has 28 heavy (non-hydrogen) atoms. The second-order valence-corrected chi connectivity index (χ2v) is 6.97. The van der Waals surface area contributed by atoms with Gasteiger partial charge in [-0.3, -0.25) is 0 Å². The zero-order valence-electron chi connectivity index (χ0n) is 16.7. The number of pyridine rings is 1.